The topological polar surface area (TPSA) is 46.6 Å². The zero-order chi connectivity index (χ0) is 10.3. The Balaban J connectivity index is 2.04. The van der Waals surface area contributed by atoms with Crippen LogP contribution in [0.2, 0.25) is 0 Å². The number of cyclic esters (lactones) is 2. The summed E-state index contributed by atoms with van der Waals surface area (Å²) in [6.07, 6.45) is 2.24. The molecule has 0 radical (unpaired) electrons. The van der Waals surface area contributed by atoms with Crippen molar-refractivity contribution in [2.75, 3.05) is 13.1 Å². The number of ether oxygens (including phenoxy) is 1. The van der Waals surface area contributed by atoms with E-state index in [2.05, 4.69) is 18.6 Å². The largest absolute Gasteiger partial charge is 0.391 e. The maximum atomic E-state index is 11.1. The first kappa shape index (κ1) is 9.65. The van der Waals surface area contributed by atoms with Crippen LogP contribution in [0.3, 0.4) is 0 Å². The molecule has 4 heteroatoms. The van der Waals surface area contributed by atoms with E-state index in [4.69, 9.17) is 0 Å². The van der Waals surface area contributed by atoms with Gasteiger partial charge in [0.15, 0.2) is 0 Å². The van der Waals surface area contributed by atoms with Gasteiger partial charge in [0.25, 0.3) is 0 Å². The van der Waals surface area contributed by atoms with Crippen molar-refractivity contribution in [3.63, 3.8) is 0 Å². The average molecular weight is 197 g/mol. The van der Waals surface area contributed by atoms with E-state index < -0.39 is 11.9 Å². The first-order valence-electron chi connectivity index (χ1n) is 4.96. The summed E-state index contributed by atoms with van der Waals surface area (Å²) in [4.78, 5) is 24.1. The number of esters is 2. The monoisotopic (exact) mass is 197 g/mol. The second-order valence-corrected chi connectivity index (χ2v) is 4.79. The molecule has 0 amide bonds. The van der Waals surface area contributed by atoms with E-state index in [0.29, 0.717) is 6.04 Å². The number of hydrogen-bond acceptors (Lipinski definition) is 4. The number of carbonyl (C=O) groups is 2. The molecule has 1 aliphatic carbocycles. The number of carbonyl (C=O) groups excluding carboxylic acids is 2. The number of hydrogen-bond donors (Lipinski definition) is 0. The zero-order valence-corrected chi connectivity index (χ0v) is 8.58. The van der Waals surface area contributed by atoms with Gasteiger partial charge < -0.3 is 4.74 Å². The van der Waals surface area contributed by atoms with Crippen LogP contribution in [0.4, 0.5) is 0 Å². The van der Waals surface area contributed by atoms with Crippen molar-refractivity contribution >= 4 is 11.9 Å². The van der Waals surface area contributed by atoms with Gasteiger partial charge in [-0.3, -0.25) is 14.5 Å². The smallest absolute Gasteiger partial charge is 0.327 e. The SMILES string of the molecule is CC1(C)CCC1N1CC(=O)OC(=O)C1. The molecule has 0 N–H and O–H groups in total. The Morgan fingerprint density at radius 2 is 1.86 bits per heavy atom. The number of rotatable bonds is 1. The number of nitrogens with zero attached hydrogens (tertiary/aromatic N) is 1. The van der Waals surface area contributed by atoms with Gasteiger partial charge >= 0.3 is 11.9 Å². The van der Waals surface area contributed by atoms with Crippen LogP contribution in [0.5, 0.6) is 0 Å². The van der Waals surface area contributed by atoms with E-state index in [1.807, 2.05) is 4.90 Å². The Labute approximate surface area is 83.2 Å². The molecule has 1 aliphatic heterocycles. The van der Waals surface area contributed by atoms with Crippen LogP contribution < -0.4 is 0 Å². The lowest BCUT2D eigenvalue weighted by Gasteiger charge is -2.50. The van der Waals surface area contributed by atoms with Crippen LogP contribution in [0.1, 0.15) is 26.7 Å². The first-order valence-corrected chi connectivity index (χ1v) is 4.96. The molecule has 0 spiro atoms. The fourth-order valence-electron chi connectivity index (χ4n) is 2.33. The summed E-state index contributed by atoms with van der Waals surface area (Å²) in [5, 5.41) is 0. The molecule has 1 heterocycles. The molecular weight excluding hydrogens is 182 g/mol. The maximum Gasteiger partial charge on any atom is 0.327 e. The number of morpholine rings is 1. The predicted octanol–water partition coefficient (Wildman–Crippen LogP) is 0.560. The standard InChI is InChI=1S/C10H15NO3/c1-10(2)4-3-7(10)11-5-8(12)14-9(13)6-11/h7H,3-6H2,1-2H3. The zero-order valence-electron chi connectivity index (χ0n) is 8.58. The van der Waals surface area contributed by atoms with Gasteiger partial charge in [0, 0.05) is 6.04 Å². The maximum absolute atomic E-state index is 11.1. The van der Waals surface area contributed by atoms with Crippen LogP contribution in [0.15, 0.2) is 0 Å². The van der Waals surface area contributed by atoms with Crippen LogP contribution in [0, 0.1) is 5.41 Å². The second kappa shape index (κ2) is 3.05. The van der Waals surface area contributed by atoms with Crippen molar-refractivity contribution in [3.05, 3.63) is 0 Å². The fraction of sp³-hybridized carbons (Fsp3) is 0.800. The van der Waals surface area contributed by atoms with Gasteiger partial charge in [-0.1, -0.05) is 13.8 Å². The van der Waals surface area contributed by atoms with Gasteiger partial charge in [-0.15, -0.1) is 0 Å². The Bertz CT molecular complexity index is 269. The van der Waals surface area contributed by atoms with Gasteiger partial charge in [-0.05, 0) is 18.3 Å². The molecule has 4 nitrogen and oxygen atoms in total. The van der Waals surface area contributed by atoms with Crippen LogP contribution in [-0.4, -0.2) is 36.0 Å². The molecule has 78 valence electrons. The lowest BCUT2D eigenvalue weighted by molar-refractivity contribution is -0.171. The van der Waals surface area contributed by atoms with Gasteiger partial charge in [0.2, 0.25) is 0 Å². The molecule has 2 aliphatic rings. The van der Waals surface area contributed by atoms with E-state index in [9.17, 15) is 9.59 Å². The van der Waals surface area contributed by atoms with Gasteiger partial charge in [0.1, 0.15) is 0 Å². The summed E-state index contributed by atoms with van der Waals surface area (Å²) in [6.45, 7) is 4.87. The fourth-order valence-corrected chi connectivity index (χ4v) is 2.33. The van der Waals surface area contributed by atoms with Crippen LogP contribution in [0.25, 0.3) is 0 Å². The third kappa shape index (κ3) is 1.54. The minimum Gasteiger partial charge on any atom is -0.391 e. The van der Waals surface area contributed by atoms with Crippen molar-refractivity contribution in [2.45, 2.75) is 32.7 Å². The van der Waals surface area contributed by atoms with Crippen molar-refractivity contribution in [3.8, 4) is 0 Å². The molecule has 1 unspecified atom stereocenters. The van der Waals surface area contributed by atoms with E-state index >= 15 is 0 Å². The summed E-state index contributed by atoms with van der Waals surface area (Å²) in [5.41, 5.74) is 0.234. The Kier molecular flexibility index (Phi) is 2.10. The minimum atomic E-state index is -0.413. The normalized spacial score (nSPS) is 32.3. The summed E-state index contributed by atoms with van der Waals surface area (Å²) < 4.78 is 4.48. The highest BCUT2D eigenvalue weighted by molar-refractivity contribution is 5.90. The summed E-state index contributed by atoms with van der Waals surface area (Å²) in [5.74, 6) is -0.826. The molecule has 0 aromatic rings. The lowest BCUT2D eigenvalue weighted by atomic mass is 9.66. The highest BCUT2D eigenvalue weighted by Crippen LogP contribution is 2.43. The highest BCUT2D eigenvalue weighted by Gasteiger charge is 2.44. The quantitative estimate of drug-likeness (QED) is 0.455. The second-order valence-electron chi connectivity index (χ2n) is 4.79. The molecule has 0 aromatic heterocycles. The molecule has 0 bridgehead atoms. The Morgan fingerprint density at radius 1 is 1.29 bits per heavy atom. The molecule has 2 rings (SSSR count). The Morgan fingerprint density at radius 3 is 2.21 bits per heavy atom. The van der Waals surface area contributed by atoms with Crippen molar-refractivity contribution in [1.82, 2.24) is 4.90 Å². The minimum absolute atomic E-state index is 0.234. The summed E-state index contributed by atoms with van der Waals surface area (Å²) >= 11 is 0. The van der Waals surface area contributed by atoms with E-state index in [0.717, 1.165) is 12.8 Å². The third-order valence-corrected chi connectivity index (χ3v) is 3.30. The van der Waals surface area contributed by atoms with E-state index in [-0.39, 0.29) is 18.5 Å². The molecule has 1 saturated heterocycles. The van der Waals surface area contributed by atoms with Gasteiger partial charge in [-0.2, -0.15) is 0 Å². The summed E-state index contributed by atoms with van der Waals surface area (Å²) in [7, 11) is 0. The van der Waals surface area contributed by atoms with Crippen molar-refractivity contribution < 1.29 is 14.3 Å². The van der Waals surface area contributed by atoms with E-state index in [1.54, 1.807) is 0 Å². The van der Waals surface area contributed by atoms with Gasteiger partial charge in [-0.25, -0.2) is 0 Å². The molecular formula is C10H15NO3. The van der Waals surface area contributed by atoms with Crippen molar-refractivity contribution in [1.29, 1.82) is 0 Å². The molecule has 1 saturated carbocycles. The molecule has 0 aromatic carbocycles. The van der Waals surface area contributed by atoms with Crippen LogP contribution in [-0.2, 0) is 14.3 Å². The van der Waals surface area contributed by atoms with Crippen molar-refractivity contribution in [2.24, 2.45) is 5.41 Å². The molecule has 2 fully saturated rings. The highest BCUT2D eigenvalue weighted by atomic mass is 16.6. The van der Waals surface area contributed by atoms with Gasteiger partial charge in [0.05, 0.1) is 13.1 Å². The lowest BCUT2D eigenvalue weighted by Crippen LogP contribution is -2.57. The third-order valence-electron chi connectivity index (χ3n) is 3.30. The first-order chi connectivity index (χ1) is 6.49. The molecule has 1 atom stereocenters. The van der Waals surface area contributed by atoms with Crippen LogP contribution >= 0.6 is 0 Å². The van der Waals surface area contributed by atoms with E-state index in [1.165, 1.54) is 0 Å². The Hall–Kier alpha value is -0.900. The average Bonchev–Trinajstić information content (AvgIpc) is 2.00. The molecule has 14 heavy (non-hydrogen) atoms. The predicted molar refractivity (Wildman–Crippen MR) is 49.5 cm³/mol. The summed E-state index contributed by atoms with van der Waals surface area (Å²) in [6, 6.07) is 0.360.